The number of pyridine rings is 1. The van der Waals surface area contributed by atoms with E-state index in [1.54, 1.807) is 17.2 Å². The van der Waals surface area contributed by atoms with Gasteiger partial charge in [-0.15, -0.1) is 0 Å². The highest BCUT2D eigenvalue weighted by Crippen LogP contribution is 2.27. The molecule has 0 atom stereocenters. The summed E-state index contributed by atoms with van der Waals surface area (Å²) in [4.78, 5) is 18.2. The molecule has 0 bridgehead atoms. The van der Waals surface area contributed by atoms with E-state index in [-0.39, 0.29) is 30.3 Å². The summed E-state index contributed by atoms with van der Waals surface area (Å²) in [5, 5.41) is 2.98. The summed E-state index contributed by atoms with van der Waals surface area (Å²) in [6.07, 6.45) is 2.20. The maximum absolute atomic E-state index is 15.0. The highest BCUT2D eigenvalue weighted by molar-refractivity contribution is 6.31. The molecule has 8 heteroatoms. The molecule has 1 aliphatic rings. The van der Waals surface area contributed by atoms with Crippen molar-refractivity contribution in [2.75, 3.05) is 32.8 Å². The van der Waals surface area contributed by atoms with Gasteiger partial charge in [0.05, 0.1) is 5.02 Å². The van der Waals surface area contributed by atoms with Crippen molar-refractivity contribution in [3.8, 4) is 5.88 Å². The van der Waals surface area contributed by atoms with Crippen molar-refractivity contribution < 1.29 is 18.3 Å². The summed E-state index contributed by atoms with van der Waals surface area (Å²) in [5.41, 5.74) is -0.00998. The van der Waals surface area contributed by atoms with E-state index in [1.807, 2.05) is 13.0 Å². The lowest BCUT2D eigenvalue weighted by Crippen LogP contribution is -2.49. The SMILES string of the molecule is Cc1ccc(OCCNCC2(F)CCN(C(=O)c3ccc(F)c(Cl)c3)CC2)nc1. The molecule has 1 aliphatic heterocycles. The molecule has 156 valence electrons. The monoisotopic (exact) mass is 423 g/mol. The van der Waals surface area contributed by atoms with Gasteiger partial charge < -0.3 is 15.0 Å². The number of aryl methyl sites for hydroxylation is 1. The van der Waals surface area contributed by atoms with Gasteiger partial charge in [0.1, 0.15) is 18.1 Å². The molecule has 5 nitrogen and oxygen atoms in total. The van der Waals surface area contributed by atoms with Crippen LogP contribution in [0, 0.1) is 12.7 Å². The van der Waals surface area contributed by atoms with Crippen LogP contribution in [-0.2, 0) is 0 Å². The Bertz CT molecular complexity index is 840. The number of rotatable bonds is 7. The number of nitrogens with one attached hydrogen (secondary N) is 1. The topological polar surface area (TPSA) is 54.5 Å². The van der Waals surface area contributed by atoms with Crippen LogP contribution in [0.2, 0.25) is 5.02 Å². The lowest BCUT2D eigenvalue weighted by molar-refractivity contribution is 0.0433. The Labute approximate surface area is 174 Å². The highest BCUT2D eigenvalue weighted by Gasteiger charge is 2.35. The van der Waals surface area contributed by atoms with Crippen molar-refractivity contribution >= 4 is 17.5 Å². The van der Waals surface area contributed by atoms with Gasteiger partial charge >= 0.3 is 0 Å². The molecule has 0 spiro atoms. The predicted octanol–water partition coefficient (Wildman–Crippen LogP) is 3.80. The first kappa shape index (κ1) is 21.5. The second kappa shape index (κ2) is 9.50. The van der Waals surface area contributed by atoms with Gasteiger partial charge in [-0.05, 0) is 30.7 Å². The standard InChI is InChI=1S/C21H24ClF2N3O2/c1-15-2-5-19(26-13-15)29-11-8-25-14-21(24)6-9-27(10-7-21)20(28)16-3-4-18(23)17(22)12-16/h2-5,12-13,25H,6-11,14H2,1H3. The van der Waals surface area contributed by atoms with E-state index < -0.39 is 11.5 Å². The largest absolute Gasteiger partial charge is 0.476 e. The van der Waals surface area contributed by atoms with Crippen LogP contribution in [0.3, 0.4) is 0 Å². The van der Waals surface area contributed by atoms with Gasteiger partial charge in [-0.2, -0.15) is 0 Å². The number of hydrogen-bond donors (Lipinski definition) is 1. The maximum atomic E-state index is 15.0. The van der Waals surface area contributed by atoms with E-state index in [0.29, 0.717) is 37.7 Å². The molecule has 0 aliphatic carbocycles. The number of nitrogens with zero attached hydrogens (tertiary/aromatic N) is 2. The van der Waals surface area contributed by atoms with Crippen LogP contribution in [0.15, 0.2) is 36.5 Å². The Morgan fingerprint density at radius 1 is 1.31 bits per heavy atom. The Morgan fingerprint density at radius 3 is 2.72 bits per heavy atom. The Hall–Kier alpha value is -2.25. The Kier molecular flexibility index (Phi) is 7.03. The Balaban J connectivity index is 1.40. The number of ether oxygens (including phenoxy) is 1. The number of piperidine rings is 1. The Morgan fingerprint density at radius 2 is 2.07 bits per heavy atom. The normalized spacial score (nSPS) is 15.9. The first-order chi connectivity index (χ1) is 13.9. The van der Waals surface area contributed by atoms with Gasteiger partial charge in [0, 0.05) is 56.8 Å². The van der Waals surface area contributed by atoms with Crippen LogP contribution in [0.25, 0.3) is 0 Å². The molecule has 3 rings (SSSR count). The summed E-state index contributed by atoms with van der Waals surface area (Å²) >= 11 is 5.74. The zero-order valence-electron chi connectivity index (χ0n) is 16.3. The fourth-order valence-corrected chi connectivity index (χ4v) is 3.36. The number of carbonyl (C=O) groups is 1. The van der Waals surface area contributed by atoms with Crippen molar-refractivity contribution in [3.63, 3.8) is 0 Å². The lowest BCUT2D eigenvalue weighted by atomic mass is 9.93. The fourth-order valence-electron chi connectivity index (χ4n) is 3.18. The van der Waals surface area contributed by atoms with Crippen LogP contribution in [-0.4, -0.2) is 54.2 Å². The molecule has 1 aromatic heterocycles. The van der Waals surface area contributed by atoms with Crippen molar-refractivity contribution in [1.29, 1.82) is 0 Å². The maximum Gasteiger partial charge on any atom is 0.253 e. The van der Waals surface area contributed by atoms with Gasteiger partial charge in [-0.3, -0.25) is 4.79 Å². The average molecular weight is 424 g/mol. The number of aromatic nitrogens is 1. The van der Waals surface area contributed by atoms with E-state index >= 15 is 0 Å². The van der Waals surface area contributed by atoms with Crippen molar-refractivity contribution in [1.82, 2.24) is 15.2 Å². The summed E-state index contributed by atoms with van der Waals surface area (Å²) < 4.78 is 33.8. The van der Waals surface area contributed by atoms with Crippen molar-refractivity contribution in [2.45, 2.75) is 25.4 Å². The fraction of sp³-hybridized carbons (Fsp3) is 0.429. The number of halogens is 3. The third-order valence-electron chi connectivity index (χ3n) is 4.97. The molecular weight excluding hydrogens is 400 g/mol. The van der Waals surface area contributed by atoms with E-state index in [1.165, 1.54) is 12.1 Å². The van der Waals surface area contributed by atoms with Crippen molar-refractivity contribution in [2.24, 2.45) is 0 Å². The second-order valence-electron chi connectivity index (χ2n) is 7.27. The third kappa shape index (κ3) is 5.87. The number of benzene rings is 1. The van der Waals surface area contributed by atoms with E-state index in [4.69, 9.17) is 16.3 Å². The van der Waals surface area contributed by atoms with Crippen LogP contribution in [0.4, 0.5) is 8.78 Å². The van der Waals surface area contributed by atoms with Crippen LogP contribution in [0.1, 0.15) is 28.8 Å². The molecule has 0 unspecified atom stereocenters. The minimum absolute atomic E-state index is 0.0973. The zero-order chi connectivity index (χ0) is 20.9. The summed E-state index contributed by atoms with van der Waals surface area (Å²) in [5.74, 6) is -0.293. The molecule has 1 aromatic carbocycles. The molecule has 1 fully saturated rings. The summed E-state index contributed by atoms with van der Waals surface area (Å²) in [6, 6.07) is 7.58. The number of likely N-dealkylation sites (tertiary alicyclic amines) is 1. The third-order valence-corrected chi connectivity index (χ3v) is 5.26. The molecule has 0 saturated carbocycles. The quantitative estimate of drug-likeness (QED) is 0.688. The molecule has 1 saturated heterocycles. The highest BCUT2D eigenvalue weighted by atomic mass is 35.5. The predicted molar refractivity (Wildman–Crippen MR) is 108 cm³/mol. The van der Waals surface area contributed by atoms with Gasteiger partial charge in [-0.25, -0.2) is 13.8 Å². The van der Waals surface area contributed by atoms with E-state index in [2.05, 4.69) is 10.3 Å². The van der Waals surface area contributed by atoms with Gasteiger partial charge in [-0.1, -0.05) is 17.7 Å². The minimum atomic E-state index is -1.38. The second-order valence-corrected chi connectivity index (χ2v) is 7.68. The molecule has 1 amide bonds. The van der Waals surface area contributed by atoms with Gasteiger partial charge in [0.2, 0.25) is 5.88 Å². The molecule has 1 N–H and O–H groups in total. The van der Waals surface area contributed by atoms with Gasteiger partial charge in [0.25, 0.3) is 5.91 Å². The number of hydrogen-bond acceptors (Lipinski definition) is 4. The first-order valence-electron chi connectivity index (χ1n) is 9.56. The zero-order valence-corrected chi connectivity index (χ0v) is 17.0. The number of carbonyl (C=O) groups excluding carboxylic acids is 1. The van der Waals surface area contributed by atoms with Crippen LogP contribution >= 0.6 is 11.6 Å². The first-order valence-corrected chi connectivity index (χ1v) is 9.93. The smallest absolute Gasteiger partial charge is 0.253 e. The van der Waals surface area contributed by atoms with Gasteiger partial charge in [0.15, 0.2) is 0 Å². The van der Waals surface area contributed by atoms with Crippen LogP contribution < -0.4 is 10.1 Å². The summed E-state index contributed by atoms with van der Waals surface area (Å²) in [6.45, 7) is 3.64. The molecule has 2 heterocycles. The van der Waals surface area contributed by atoms with E-state index in [0.717, 1.165) is 11.6 Å². The number of alkyl halides is 1. The molecular formula is C21H24ClF2N3O2. The average Bonchev–Trinajstić information content (AvgIpc) is 2.71. The molecule has 29 heavy (non-hydrogen) atoms. The molecule has 0 radical (unpaired) electrons. The van der Waals surface area contributed by atoms with Crippen LogP contribution in [0.5, 0.6) is 5.88 Å². The number of amides is 1. The van der Waals surface area contributed by atoms with E-state index in [9.17, 15) is 13.6 Å². The van der Waals surface area contributed by atoms with Crippen molar-refractivity contribution in [3.05, 3.63) is 58.5 Å². The molecule has 2 aromatic rings. The minimum Gasteiger partial charge on any atom is -0.476 e. The summed E-state index contributed by atoms with van der Waals surface area (Å²) in [7, 11) is 0. The lowest BCUT2D eigenvalue weighted by Gasteiger charge is -2.36.